The monoisotopic (exact) mass is 481 g/mol. The lowest BCUT2D eigenvalue weighted by atomic mass is 9.78. The van der Waals surface area contributed by atoms with Gasteiger partial charge in [0.25, 0.3) is 0 Å². The zero-order valence-electron chi connectivity index (χ0n) is 18.1. The number of rotatable bonds is 6. The first-order valence-electron chi connectivity index (χ1n) is 11.0. The lowest BCUT2D eigenvalue weighted by Gasteiger charge is -2.47. The molecule has 0 aromatic heterocycles. The lowest BCUT2D eigenvalue weighted by molar-refractivity contribution is -0.322. The van der Waals surface area contributed by atoms with Crippen molar-refractivity contribution in [3.05, 3.63) is 11.6 Å². The summed E-state index contributed by atoms with van der Waals surface area (Å²) in [5.74, 6) is -0.770. The van der Waals surface area contributed by atoms with Crippen molar-refractivity contribution in [3.8, 4) is 0 Å². The summed E-state index contributed by atoms with van der Waals surface area (Å²) < 4.78 is 11.0. The Morgan fingerprint density at radius 3 is 2.15 bits per heavy atom. The molecule has 0 bridgehead atoms. The summed E-state index contributed by atoms with van der Waals surface area (Å²) in [6.45, 7) is 0.417. The molecule has 13 nitrogen and oxygen atoms in total. The van der Waals surface area contributed by atoms with Crippen LogP contribution in [0.3, 0.4) is 0 Å². The molecule has 0 aromatic rings. The predicted octanol–water partition coefficient (Wildman–Crippen LogP) is -5.73. The van der Waals surface area contributed by atoms with E-state index < -0.39 is 98.5 Å². The Morgan fingerprint density at radius 2 is 1.55 bits per heavy atom. The van der Waals surface area contributed by atoms with Crippen LogP contribution >= 0.6 is 0 Å². The van der Waals surface area contributed by atoms with Gasteiger partial charge < -0.3 is 65.9 Å². The third-order valence-corrected chi connectivity index (χ3v) is 6.86. The van der Waals surface area contributed by atoms with Crippen LogP contribution in [0.15, 0.2) is 11.6 Å². The number of aliphatic hydroxyl groups excluding tert-OH is 10. The van der Waals surface area contributed by atoms with Gasteiger partial charge in [0.15, 0.2) is 6.29 Å². The molecule has 2 fully saturated rings. The largest absolute Gasteiger partial charge is 0.396 e. The Bertz CT molecular complexity index is 679. The van der Waals surface area contributed by atoms with Gasteiger partial charge in [-0.05, 0) is 18.9 Å². The smallest absolute Gasteiger partial charge is 0.186 e. The molecule has 14 unspecified atom stereocenters. The maximum atomic E-state index is 10.7. The third kappa shape index (κ3) is 5.26. The highest BCUT2D eigenvalue weighted by atomic mass is 16.7. The van der Waals surface area contributed by atoms with Crippen LogP contribution in [0.4, 0.5) is 0 Å². The summed E-state index contributed by atoms with van der Waals surface area (Å²) in [6, 6.07) is -1.87. The third-order valence-electron chi connectivity index (χ3n) is 6.86. The fourth-order valence-electron chi connectivity index (χ4n) is 4.71. The van der Waals surface area contributed by atoms with E-state index in [1.807, 2.05) is 0 Å². The summed E-state index contributed by atoms with van der Waals surface area (Å²) in [7, 11) is 0. The minimum absolute atomic E-state index is 0.0348. The molecule has 1 saturated heterocycles. The van der Waals surface area contributed by atoms with Crippen LogP contribution in [0.2, 0.25) is 0 Å². The maximum absolute atomic E-state index is 10.7. The Hall–Kier alpha value is -0.780. The highest BCUT2D eigenvalue weighted by molar-refractivity contribution is 5.22. The Kier molecular flexibility index (Phi) is 8.83. The van der Waals surface area contributed by atoms with Crippen LogP contribution in [0.1, 0.15) is 13.3 Å². The summed E-state index contributed by atoms with van der Waals surface area (Å²) >= 11 is 0. The van der Waals surface area contributed by atoms with Gasteiger partial charge in [-0.15, -0.1) is 0 Å². The van der Waals surface area contributed by atoms with Crippen LogP contribution in [-0.2, 0) is 9.47 Å². The molecule has 14 atom stereocenters. The van der Waals surface area contributed by atoms with Crippen LogP contribution in [0.5, 0.6) is 0 Å². The SMILES string of the molecule is CC1OC(OC2C(CO)CC(NC3C=C(CO)C(O)C(O)C3O)C(O)C2O)C(O)C(O)C1O. The van der Waals surface area contributed by atoms with Gasteiger partial charge in [0.2, 0.25) is 0 Å². The van der Waals surface area contributed by atoms with E-state index in [0.717, 1.165) is 0 Å². The average Bonchev–Trinajstić information content (AvgIpc) is 2.80. The average molecular weight is 481 g/mol. The molecular formula is C20H35NO12. The second-order valence-corrected chi connectivity index (χ2v) is 9.07. The Morgan fingerprint density at radius 1 is 0.879 bits per heavy atom. The van der Waals surface area contributed by atoms with E-state index >= 15 is 0 Å². The molecule has 192 valence electrons. The fraction of sp³-hybridized carbons (Fsp3) is 0.900. The van der Waals surface area contributed by atoms with Gasteiger partial charge in [-0.1, -0.05) is 6.08 Å². The fourth-order valence-corrected chi connectivity index (χ4v) is 4.71. The van der Waals surface area contributed by atoms with Crippen molar-refractivity contribution in [1.29, 1.82) is 0 Å². The van der Waals surface area contributed by atoms with Crippen LogP contribution in [0.25, 0.3) is 0 Å². The number of aliphatic hydroxyl groups is 10. The topological polar surface area (TPSA) is 233 Å². The second kappa shape index (κ2) is 10.9. The summed E-state index contributed by atoms with van der Waals surface area (Å²) in [6.07, 6.45) is -14.3. The van der Waals surface area contributed by atoms with Gasteiger partial charge in [-0.3, -0.25) is 0 Å². The van der Waals surface area contributed by atoms with Crippen molar-refractivity contribution >= 4 is 0 Å². The highest BCUT2D eigenvalue weighted by Gasteiger charge is 2.50. The zero-order valence-corrected chi connectivity index (χ0v) is 18.1. The minimum atomic E-state index is -1.64. The standard InChI is InChI=1S/C20H35NO12/c1-6-11(24)15(28)18(31)20(32-6)33-19-8(5-23)3-10(14(27)17(19)30)21-9-2-7(4-22)12(25)16(29)13(9)26/h2,6,8-31H,3-5H2,1H3. The van der Waals surface area contributed by atoms with E-state index in [2.05, 4.69) is 5.32 Å². The number of hydrogen-bond acceptors (Lipinski definition) is 13. The quantitative estimate of drug-likeness (QED) is 0.159. The van der Waals surface area contributed by atoms with Crippen LogP contribution in [0, 0.1) is 5.92 Å². The zero-order chi connectivity index (χ0) is 24.6. The molecule has 0 spiro atoms. The molecule has 1 heterocycles. The number of ether oxygens (including phenoxy) is 2. The summed E-state index contributed by atoms with van der Waals surface area (Å²) in [4.78, 5) is 0. The van der Waals surface area contributed by atoms with Gasteiger partial charge >= 0.3 is 0 Å². The minimum Gasteiger partial charge on any atom is -0.396 e. The van der Waals surface area contributed by atoms with Crippen molar-refractivity contribution in [1.82, 2.24) is 5.32 Å². The molecule has 1 aliphatic heterocycles. The van der Waals surface area contributed by atoms with E-state index in [0.29, 0.717) is 0 Å². The molecule has 33 heavy (non-hydrogen) atoms. The van der Waals surface area contributed by atoms with E-state index in [4.69, 9.17) is 9.47 Å². The summed E-state index contributed by atoms with van der Waals surface area (Å²) in [5, 5.41) is 104. The first-order valence-corrected chi connectivity index (χ1v) is 11.0. The maximum Gasteiger partial charge on any atom is 0.186 e. The second-order valence-electron chi connectivity index (χ2n) is 9.07. The molecule has 3 aliphatic rings. The molecular weight excluding hydrogens is 446 g/mol. The number of hydrogen-bond donors (Lipinski definition) is 11. The first kappa shape index (κ1) is 26.8. The van der Waals surface area contributed by atoms with E-state index in [-0.39, 0.29) is 12.0 Å². The van der Waals surface area contributed by atoms with Crippen molar-refractivity contribution < 1.29 is 60.5 Å². The van der Waals surface area contributed by atoms with Gasteiger partial charge in [0.1, 0.15) is 42.7 Å². The van der Waals surface area contributed by atoms with Gasteiger partial charge in [-0.25, -0.2) is 0 Å². The molecule has 0 aromatic carbocycles. The molecule has 11 N–H and O–H groups in total. The van der Waals surface area contributed by atoms with Crippen molar-refractivity contribution in [2.75, 3.05) is 13.2 Å². The summed E-state index contributed by atoms with van der Waals surface area (Å²) in [5.41, 5.74) is 0.0781. The normalized spacial score (nSPS) is 51.3. The molecule has 3 rings (SSSR count). The van der Waals surface area contributed by atoms with Gasteiger partial charge in [-0.2, -0.15) is 0 Å². The molecule has 0 amide bonds. The van der Waals surface area contributed by atoms with Crippen LogP contribution < -0.4 is 5.32 Å². The van der Waals surface area contributed by atoms with Gasteiger partial charge in [0, 0.05) is 18.6 Å². The molecule has 13 heteroatoms. The number of nitrogens with one attached hydrogen (secondary N) is 1. The molecule has 2 aliphatic carbocycles. The van der Waals surface area contributed by atoms with Crippen LogP contribution in [-0.4, -0.2) is 144 Å². The highest BCUT2D eigenvalue weighted by Crippen LogP contribution is 2.33. The van der Waals surface area contributed by atoms with Crippen molar-refractivity contribution in [2.24, 2.45) is 5.92 Å². The Balaban J connectivity index is 1.72. The molecule has 1 saturated carbocycles. The van der Waals surface area contributed by atoms with E-state index in [1.54, 1.807) is 0 Å². The van der Waals surface area contributed by atoms with Gasteiger partial charge in [0.05, 0.1) is 31.0 Å². The van der Waals surface area contributed by atoms with E-state index in [9.17, 15) is 51.1 Å². The van der Waals surface area contributed by atoms with Crippen molar-refractivity contribution in [3.63, 3.8) is 0 Å². The Labute approximate surface area is 190 Å². The first-order chi connectivity index (χ1) is 15.5. The predicted molar refractivity (Wildman–Crippen MR) is 108 cm³/mol. The lowest BCUT2D eigenvalue weighted by Crippen LogP contribution is -2.65. The molecule has 0 radical (unpaired) electrons. The van der Waals surface area contributed by atoms with Crippen molar-refractivity contribution in [2.45, 2.75) is 92.8 Å². The van der Waals surface area contributed by atoms with E-state index in [1.165, 1.54) is 13.0 Å².